The van der Waals surface area contributed by atoms with Gasteiger partial charge in [0.15, 0.2) is 0 Å². The first-order valence-corrected chi connectivity index (χ1v) is 8.33. The van der Waals surface area contributed by atoms with E-state index < -0.39 is 0 Å². The Morgan fingerprint density at radius 2 is 1.88 bits per heavy atom. The van der Waals surface area contributed by atoms with E-state index in [2.05, 4.69) is 31.3 Å². The van der Waals surface area contributed by atoms with Gasteiger partial charge >= 0.3 is 0 Å². The minimum absolute atomic E-state index is 0.197. The normalized spacial score (nSPS) is 10.4. The Bertz CT molecular complexity index is 311. The van der Waals surface area contributed by atoms with Crippen molar-refractivity contribution in [3.63, 3.8) is 0 Å². The molecule has 0 aliphatic heterocycles. The fraction of sp³-hybridized carbons (Fsp3) is 0.417. The second kappa shape index (κ2) is 7.70. The van der Waals surface area contributed by atoms with Gasteiger partial charge in [-0.3, -0.25) is 4.79 Å². The molecular weight excluding hydrogens is 237 g/mol. The van der Waals surface area contributed by atoms with E-state index in [0.29, 0.717) is 6.41 Å². The summed E-state index contributed by atoms with van der Waals surface area (Å²) in [5.41, 5.74) is 2.09. The molecule has 0 radical (unpaired) electrons. The van der Waals surface area contributed by atoms with E-state index >= 15 is 0 Å². The van der Waals surface area contributed by atoms with Crippen LogP contribution in [0.15, 0.2) is 29.2 Å². The van der Waals surface area contributed by atoms with Crippen molar-refractivity contribution in [1.82, 2.24) is 0 Å². The average molecular weight is 255 g/mol. The topological polar surface area (TPSA) is 29.1 Å². The molecule has 0 aromatic heterocycles. The zero-order valence-corrected chi connectivity index (χ0v) is 11.5. The van der Waals surface area contributed by atoms with Crippen molar-refractivity contribution in [2.24, 2.45) is 0 Å². The van der Waals surface area contributed by atoms with Crippen molar-refractivity contribution < 1.29 is 4.79 Å². The third-order valence-corrected chi connectivity index (χ3v) is 6.76. The van der Waals surface area contributed by atoms with Crippen LogP contribution in [0.4, 0.5) is 5.69 Å². The highest BCUT2D eigenvalue weighted by Crippen LogP contribution is 2.40. The Kier molecular flexibility index (Phi) is 6.51. The molecule has 0 aliphatic rings. The van der Waals surface area contributed by atoms with Gasteiger partial charge in [0.05, 0.1) is 0 Å². The van der Waals surface area contributed by atoms with Crippen LogP contribution in [0, 0.1) is 0 Å². The number of anilines is 1. The lowest BCUT2D eigenvalue weighted by Gasteiger charge is -2.12. The molecule has 1 N–H and O–H groups in total. The predicted octanol–water partition coefficient (Wildman–Crippen LogP) is 3.83. The summed E-state index contributed by atoms with van der Waals surface area (Å²) in [5, 5.41) is 2.64. The molecule has 1 rings (SSSR count). The van der Waals surface area contributed by atoms with E-state index in [0.717, 1.165) is 5.69 Å². The molecule has 0 spiro atoms. The van der Waals surface area contributed by atoms with Crippen molar-refractivity contribution >= 4 is 31.8 Å². The molecule has 0 saturated carbocycles. The van der Waals surface area contributed by atoms with Gasteiger partial charge in [0.25, 0.3) is 0 Å². The highest BCUT2D eigenvalue weighted by Gasteiger charge is 2.03. The maximum absolute atomic E-state index is 10.2. The first-order chi connectivity index (χ1) is 7.80. The maximum Gasteiger partial charge on any atom is 0.211 e. The Balaban J connectivity index is 2.45. The van der Waals surface area contributed by atoms with E-state index in [9.17, 15) is 4.79 Å². The second-order valence-electron chi connectivity index (χ2n) is 3.36. The first-order valence-electron chi connectivity index (χ1n) is 5.45. The Labute approximate surface area is 103 Å². The molecule has 88 valence electrons. The highest BCUT2D eigenvalue weighted by atomic mass is 32.2. The number of hydrogen-bond acceptors (Lipinski definition) is 2. The molecule has 0 bridgehead atoms. The monoisotopic (exact) mass is 255 g/mol. The molecule has 2 nitrogen and oxygen atoms in total. The van der Waals surface area contributed by atoms with Crippen LogP contribution >= 0.6 is 19.7 Å². The third-order valence-electron chi connectivity index (χ3n) is 2.39. The van der Waals surface area contributed by atoms with Gasteiger partial charge in [-0.25, -0.2) is 0 Å². The van der Waals surface area contributed by atoms with Gasteiger partial charge in [0.1, 0.15) is 0 Å². The zero-order valence-electron chi connectivity index (χ0n) is 9.77. The zero-order chi connectivity index (χ0) is 11.8. The molecular formula is C12H18NOPS. The van der Waals surface area contributed by atoms with Crippen LogP contribution in [0.2, 0.25) is 0 Å². The summed E-state index contributed by atoms with van der Waals surface area (Å²) in [6.07, 6.45) is 3.32. The summed E-state index contributed by atoms with van der Waals surface area (Å²) in [5.74, 6) is 0. The number of carbonyl (C=O) groups is 1. The van der Waals surface area contributed by atoms with Crippen molar-refractivity contribution in [2.75, 3.05) is 23.1 Å². The largest absolute Gasteiger partial charge is 0.329 e. The van der Waals surface area contributed by atoms with Crippen molar-refractivity contribution in [2.45, 2.75) is 18.7 Å². The summed E-state index contributed by atoms with van der Waals surface area (Å²) in [4.78, 5) is 11.5. The van der Waals surface area contributed by atoms with Crippen LogP contribution in [0.3, 0.4) is 0 Å². The number of hydrogen-bond donors (Lipinski definition) is 1. The summed E-state index contributed by atoms with van der Waals surface area (Å²) in [7, 11) is 0.197. The lowest BCUT2D eigenvalue weighted by Crippen LogP contribution is -1.92. The molecule has 16 heavy (non-hydrogen) atoms. The van der Waals surface area contributed by atoms with Crippen molar-refractivity contribution in [3.8, 4) is 0 Å². The molecule has 1 aromatic carbocycles. The average Bonchev–Trinajstić information content (AvgIpc) is 2.33. The van der Waals surface area contributed by atoms with Crippen LogP contribution in [-0.2, 0) is 4.79 Å². The minimum atomic E-state index is 0.197. The third kappa shape index (κ3) is 4.54. The molecule has 4 heteroatoms. The Morgan fingerprint density at radius 3 is 2.38 bits per heavy atom. The predicted molar refractivity (Wildman–Crippen MR) is 74.9 cm³/mol. The van der Waals surface area contributed by atoms with Gasteiger partial charge in [-0.15, -0.1) is 11.8 Å². The van der Waals surface area contributed by atoms with Gasteiger partial charge in [0.2, 0.25) is 6.41 Å². The van der Waals surface area contributed by atoms with Crippen LogP contribution in [-0.4, -0.2) is 24.2 Å². The quantitative estimate of drug-likeness (QED) is 0.456. The van der Waals surface area contributed by atoms with E-state index in [1.807, 2.05) is 23.9 Å². The number of nitrogens with one attached hydrogen (secondary N) is 1. The number of amides is 1. The van der Waals surface area contributed by atoms with E-state index in [1.165, 1.54) is 22.7 Å². The van der Waals surface area contributed by atoms with Crippen molar-refractivity contribution in [1.29, 1.82) is 0 Å². The maximum atomic E-state index is 10.2. The second-order valence-corrected chi connectivity index (χ2v) is 7.76. The standard InChI is InChI=1S/C12H18NOPS/c1-3-15(4-2)10-16-12-7-5-11(6-8-12)13-9-14/h5-9H,3-4,10H2,1-2H3,(H,13,14). The van der Waals surface area contributed by atoms with Crippen LogP contribution in [0.1, 0.15) is 13.8 Å². The van der Waals surface area contributed by atoms with Gasteiger partial charge < -0.3 is 5.32 Å². The number of thioether (sulfide) groups is 1. The lowest BCUT2D eigenvalue weighted by molar-refractivity contribution is -0.105. The molecule has 0 aliphatic carbocycles. The molecule has 0 heterocycles. The van der Waals surface area contributed by atoms with E-state index in [-0.39, 0.29) is 7.92 Å². The summed E-state index contributed by atoms with van der Waals surface area (Å²) < 4.78 is 0. The summed E-state index contributed by atoms with van der Waals surface area (Å²) >= 11 is 1.92. The van der Waals surface area contributed by atoms with Crippen LogP contribution in [0.25, 0.3) is 0 Å². The van der Waals surface area contributed by atoms with E-state index in [1.54, 1.807) is 0 Å². The fourth-order valence-electron chi connectivity index (χ4n) is 1.29. The smallest absolute Gasteiger partial charge is 0.211 e. The highest BCUT2D eigenvalue weighted by molar-refractivity contribution is 8.04. The molecule has 1 aromatic rings. The number of carbonyl (C=O) groups excluding carboxylic acids is 1. The molecule has 0 saturated heterocycles. The lowest BCUT2D eigenvalue weighted by atomic mass is 10.3. The summed E-state index contributed by atoms with van der Waals surface area (Å²) in [6, 6.07) is 8.01. The SMILES string of the molecule is CCP(CC)CSc1ccc(NC=O)cc1. The van der Waals surface area contributed by atoms with Crippen molar-refractivity contribution in [3.05, 3.63) is 24.3 Å². The molecule has 0 atom stereocenters. The number of rotatable bonds is 7. The Hall–Kier alpha value is -0.530. The summed E-state index contributed by atoms with van der Waals surface area (Å²) in [6.45, 7) is 4.54. The molecule has 1 amide bonds. The molecule has 0 unspecified atom stereocenters. The first kappa shape index (κ1) is 13.5. The fourth-order valence-corrected chi connectivity index (χ4v) is 4.85. The molecule has 0 fully saturated rings. The van der Waals surface area contributed by atoms with Crippen LogP contribution < -0.4 is 5.32 Å². The van der Waals surface area contributed by atoms with Gasteiger partial charge in [-0.1, -0.05) is 21.8 Å². The van der Waals surface area contributed by atoms with Gasteiger partial charge in [0, 0.05) is 16.1 Å². The minimum Gasteiger partial charge on any atom is -0.329 e. The van der Waals surface area contributed by atoms with Gasteiger partial charge in [-0.05, 0) is 36.6 Å². The number of benzene rings is 1. The van der Waals surface area contributed by atoms with Gasteiger partial charge in [-0.2, -0.15) is 0 Å². The Morgan fingerprint density at radius 1 is 1.25 bits per heavy atom. The van der Waals surface area contributed by atoms with E-state index in [4.69, 9.17) is 0 Å². The van der Waals surface area contributed by atoms with Crippen LogP contribution in [0.5, 0.6) is 0 Å².